The Kier molecular flexibility index (Phi) is 7.99. The summed E-state index contributed by atoms with van der Waals surface area (Å²) in [6, 6.07) is 15.6. The molecule has 0 unspecified atom stereocenters. The van der Waals surface area contributed by atoms with Crippen molar-refractivity contribution in [2.45, 2.75) is 39.2 Å². The zero-order valence-electron chi connectivity index (χ0n) is 22.5. The average Bonchev–Trinajstić information content (AvgIpc) is 3.44. The van der Waals surface area contributed by atoms with Crippen molar-refractivity contribution in [2.24, 2.45) is 7.05 Å². The number of anilines is 1. The van der Waals surface area contributed by atoms with Crippen LogP contribution in [0.25, 0.3) is 22.2 Å². The van der Waals surface area contributed by atoms with Gasteiger partial charge in [-0.05, 0) is 55.7 Å². The van der Waals surface area contributed by atoms with Crippen LogP contribution in [0.15, 0.2) is 67.4 Å². The van der Waals surface area contributed by atoms with E-state index in [9.17, 15) is 14.4 Å². The highest BCUT2D eigenvalue weighted by atomic mass is 16.6. The maximum atomic E-state index is 12.9. The first kappa shape index (κ1) is 27.4. The summed E-state index contributed by atoms with van der Waals surface area (Å²) in [4.78, 5) is 44.5. The van der Waals surface area contributed by atoms with Crippen LogP contribution in [-0.4, -0.2) is 44.6 Å². The van der Waals surface area contributed by atoms with Gasteiger partial charge in [0.05, 0.1) is 6.42 Å². The maximum Gasteiger partial charge on any atom is 0.413 e. The molecular formula is C30H32N4O5. The number of aromatic amines is 1. The first-order chi connectivity index (χ1) is 18.5. The fraction of sp³-hybridized carbons (Fsp3) is 0.267. The lowest BCUT2D eigenvalue weighted by Crippen LogP contribution is -2.27. The van der Waals surface area contributed by atoms with Gasteiger partial charge in [-0.25, -0.2) is 9.78 Å². The van der Waals surface area contributed by atoms with Crippen LogP contribution in [0.3, 0.4) is 0 Å². The van der Waals surface area contributed by atoms with Crippen LogP contribution >= 0.6 is 0 Å². The van der Waals surface area contributed by atoms with E-state index < -0.39 is 11.7 Å². The SMILES string of the molecule is C=CCOC(=O)Cc1ccc2[nH]c(-c3ccc(CC(=O)c4nc(NC(=O)OC(C)(C)C)cn4C)cc3)cc2c1. The van der Waals surface area contributed by atoms with E-state index in [4.69, 9.17) is 9.47 Å². The summed E-state index contributed by atoms with van der Waals surface area (Å²) in [5.74, 6) is 0.0227. The first-order valence-corrected chi connectivity index (χ1v) is 12.5. The lowest BCUT2D eigenvalue weighted by Gasteiger charge is -2.18. The van der Waals surface area contributed by atoms with Gasteiger partial charge < -0.3 is 19.0 Å². The molecule has 0 atom stereocenters. The summed E-state index contributed by atoms with van der Waals surface area (Å²) in [5, 5.41) is 3.55. The highest BCUT2D eigenvalue weighted by molar-refractivity contribution is 5.95. The van der Waals surface area contributed by atoms with Crippen molar-refractivity contribution >= 4 is 34.6 Å². The van der Waals surface area contributed by atoms with Crippen molar-refractivity contribution in [2.75, 3.05) is 11.9 Å². The number of aryl methyl sites for hydroxylation is 1. The summed E-state index contributed by atoms with van der Waals surface area (Å²) in [6.45, 7) is 9.06. The van der Waals surface area contributed by atoms with Crippen LogP contribution in [-0.2, 0) is 34.2 Å². The van der Waals surface area contributed by atoms with E-state index in [1.165, 1.54) is 0 Å². The molecule has 0 saturated carbocycles. The number of ether oxygens (including phenoxy) is 2. The number of amides is 1. The predicted octanol–water partition coefficient (Wildman–Crippen LogP) is 5.61. The summed E-state index contributed by atoms with van der Waals surface area (Å²) in [5.41, 5.74) is 3.92. The average molecular weight is 529 g/mol. The monoisotopic (exact) mass is 528 g/mol. The van der Waals surface area contributed by atoms with Gasteiger partial charge in [0.15, 0.2) is 11.6 Å². The molecule has 0 spiro atoms. The second kappa shape index (κ2) is 11.4. The zero-order chi connectivity index (χ0) is 28.2. The van der Waals surface area contributed by atoms with Crippen molar-refractivity contribution in [3.63, 3.8) is 0 Å². The van der Waals surface area contributed by atoms with Crippen molar-refractivity contribution in [3.8, 4) is 11.3 Å². The number of hydrogen-bond acceptors (Lipinski definition) is 6. The van der Waals surface area contributed by atoms with E-state index in [1.807, 2.05) is 48.5 Å². The minimum atomic E-state index is -0.638. The second-order valence-corrected chi connectivity index (χ2v) is 10.2. The Balaban J connectivity index is 1.41. The van der Waals surface area contributed by atoms with Crippen LogP contribution in [0.2, 0.25) is 0 Å². The minimum absolute atomic E-state index is 0.162. The number of fused-ring (bicyclic) bond motifs is 1. The number of esters is 1. The van der Waals surface area contributed by atoms with Gasteiger partial charge >= 0.3 is 12.1 Å². The molecule has 9 nitrogen and oxygen atoms in total. The number of carbonyl (C=O) groups is 3. The molecule has 0 aliphatic rings. The van der Waals surface area contributed by atoms with Crippen LogP contribution in [0.4, 0.5) is 10.6 Å². The van der Waals surface area contributed by atoms with E-state index >= 15 is 0 Å². The van der Waals surface area contributed by atoms with E-state index in [-0.39, 0.29) is 42.8 Å². The Hall–Kier alpha value is -4.66. The zero-order valence-corrected chi connectivity index (χ0v) is 22.5. The van der Waals surface area contributed by atoms with Gasteiger partial charge in [0.25, 0.3) is 0 Å². The fourth-order valence-corrected chi connectivity index (χ4v) is 4.08. The number of benzene rings is 2. The third kappa shape index (κ3) is 7.22. The van der Waals surface area contributed by atoms with E-state index in [1.54, 1.807) is 44.7 Å². The van der Waals surface area contributed by atoms with Gasteiger partial charge in [0, 0.05) is 36.3 Å². The van der Waals surface area contributed by atoms with Gasteiger partial charge in [0.1, 0.15) is 12.2 Å². The van der Waals surface area contributed by atoms with Gasteiger partial charge in [0.2, 0.25) is 5.78 Å². The lowest BCUT2D eigenvalue weighted by molar-refractivity contribution is -0.141. The summed E-state index contributed by atoms with van der Waals surface area (Å²) in [7, 11) is 1.70. The number of ketones is 1. The number of H-pyrrole nitrogens is 1. The third-order valence-corrected chi connectivity index (χ3v) is 5.78. The maximum absolute atomic E-state index is 12.9. The number of imidazole rings is 1. The summed E-state index contributed by atoms with van der Waals surface area (Å²) < 4.78 is 11.9. The van der Waals surface area contributed by atoms with Crippen molar-refractivity contribution in [1.82, 2.24) is 14.5 Å². The number of aromatic nitrogens is 3. The second-order valence-electron chi connectivity index (χ2n) is 10.2. The molecule has 202 valence electrons. The molecule has 0 aliphatic carbocycles. The molecule has 2 aromatic carbocycles. The van der Waals surface area contributed by atoms with Gasteiger partial charge in [-0.1, -0.05) is 43.0 Å². The highest BCUT2D eigenvalue weighted by Crippen LogP contribution is 2.26. The minimum Gasteiger partial charge on any atom is -0.461 e. The molecule has 2 N–H and O–H groups in total. The predicted molar refractivity (Wildman–Crippen MR) is 150 cm³/mol. The Morgan fingerprint density at radius 3 is 2.46 bits per heavy atom. The number of hydrogen-bond donors (Lipinski definition) is 2. The molecule has 9 heteroatoms. The summed E-state index contributed by atoms with van der Waals surface area (Å²) in [6.07, 6.45) is 2.85. The Morgan fingerprint density at radius 1 is 1.05 bits per heavy atom. The first-order valence-electron chi connectivity index (χ1n) is 12.5. The topological polar surface area (TPSA) is 115 Å². The molecule has 2 aromatic heterocycles. The molecule has 0 bridgehead atoms. The lowest BCUT2D eigenvalue weighted by atomic mass is 10.0. The number of rotatable bonds is 9. The number of nitrogens with zero attached hydrogens (tertiary/aromatic N) is 2. The number of carbonyl (C=O) groups excluding carboxylic acids is 3. The van der Waals surface area contributed by atoms with Crippen LogP contribution in [0.5, 0.6) is 0 Å². The fourth-order valence-electron chi connectivity index (χ4n) is 4.08. The number of Topliss-reactive ketones (excluding diaryl/α,β-unsaturated/α-hetero) is 1. The van der Waals surface area contributed by atoms with Crippen molar-refractivity contribution < 1.29 is 23.9 Å². The molecule has 39 heavy (non-hydrogen) atoms. The number of nitrogens with one attached hydrogen (secondary N) is 2. The Labute approximate surface area is 226 Å². The molecule has 4 rings (SSSR count). The van der Waals surface area contributed by atoms with Gasteiger partial charge in [-0.15, -0.1) is 0 Å². The molecular weight excluding hydrogens is 496 g/mol. The summed E-state index contributed by atoms with van der Waals surface area (Å²) >= 11 is 0. The molecule has 0 radical (unpaired) electrons. The van der Waals surface area contributed by atoms with Crippen LogP contribution in [0.1, 0.15) is 42.5 Å². The largest absolute Gasteiger partial charge is 0.461 e. The quantitative estimate of drug-likeness (QED) is 0.166. The standard InChI is InChI=1S/C30H32N4O5/c1-6-13-38-27(36)16-20-9-12-23-22(14-20)17-24(31-23)21-10-7-19(8-11-21)15-25(35)28-32-26(18-34(28)5)33-29(37)39-30(2,3)4/h6-12,14,17-18,31H,1,13,15-16H2,2-5H3,(H,33,37). The molecule has 0 saturated heterocycles. The Morgan fingerprint density at radius 2 is 1.77 bits per heavy atom. The van der Waals surface area contributed by atoms with Crippen molar-refractivity contribution in [3.05, 3.63) is 84.3 Å². The van der Waals surface area contributed by atoms with E-state index in [0.29, 0.717) is 0 Å². The molecule has 2 heterocycles. The Bertz CT molecular complexity index is 1520. The van der Waals surface area contributed by atoms with E-state index in [0.717, 1.165) is 33.3 Å². The molecule has 0 fully saturated rings. The van der Waals surface area contributed by atoms with Crippen LogP contribution < -0.4 is 5.32 Å². The smallest absolute Gasteiger partial charge is 0.413 e. The molecule has 4 aromatic rings. The highest BCUT2D eigenvalue weighted by Gasteiger charge is 2.19. The third-order valence-electron chi connectivity index (χ3n) is 5.78. The normalized spacial score (nSPS) is 11.3. The molecule has 0 aliphatic heterocycles. The van der Waals surface area contributed by atoms with E-state index in [2.05, 4.69) is 21.9 Å². The van der Waals surface area contributed by atoms with Crippen LogP contribution in [0, 0.1) is 0 Å². The van der Waals surface area contributed by atoms with Gasteiger partial charge in [-0.3, -0.25) is 14.9 Å². The molecule has 1 amide bonds. The van der Waals surface area contributed by atoms with Crippen molar-refractivity contribution in [1.29, 1.82) is 0 Å². The van der Waals surface area contributed by atoms with Gasteiger partial charge in [-0.2, -0.15) is 0 Å².